The van der Waals surface area contributed by atoms with Gasteiger partial charge >= 0.3 is 6.03 Å². The van der Waals surface area contributed by atoms with Crippen LogP contribution in [0, 0.1) is 0 Å². The Morgan fingerprint density at radius 2 is 1.58 bits per heavy atom. The molecule has 1 saturated heterocycles. The maximum atomic E-state index is 12.8. The molecule has 1 aliphatic heterocycles. The highest BCUT2D eigenvalue weighted by atomic mass is 35.5. The summed E-state index contributed by atoms with van der Waals surface area (Å²) in [5, 5.41) is 3.44. The molecule has 1 N–H and O–H groups in total. The maximum Gasteiger partial charge on any atom is 0.322 e. The smallest absolute Gasteiger partial charge is 0.322 e. The minimum atomic E-state index is -0.190. The number of urea groups is 1. The minimum absolute atomic E-state index is 0.133. The van der Waals surface area contributed by atoms with Crippen LogP contribution >= 0.6 is 11.6 Å². The van der Waals surface area contributed by atoms with Gasteiger partial charge in [0.25, 0.3) is 0 Å². The molecular formula is C23H29ClN4O3. The molecule has 3 amide bonds. The van der Waals surface area contributed by atoms with Gasteiger partial charge < -0.3 is 19.9 Å². The van der Waals surface area contributed by atoms with Crippen molar-refractivity contribution in [3.05, 3.63) is 53.6 Å². The summed E-state index contributed by atoms with van der Waals surface area (Å²) in [5.41, 5.74) is 0.576. The molecule has 0 unspecified atom stereocenters. The van der Waals surface area contributed by atoms with Crippen molar-refractivity contribution in [2.75, 3.05) is 51.1 Å². The van der Waals surface area contributed by atoms with E-state index in [1.165, 1.54) is 0 Å². The van der Waals surface area contributed by atoms with Crippen LogP contribution < -0.4 is 10.1 Å². The Morgan fingerprint density at radius 1 is 0.968 bits per heavy atom. The Labute approximate surface area is 188 Å². The largest absolute Gasteiger partial charge is 0.454 e. The van der Waals surface area contributed by atoms with Gasteiger partial charge in [0.15, 0.2) is 5.75 Å². The number of piperazine rings is 1. The zero-order valence-corrected chi connectivity index (χ0v) is 18.8. The van der Waals surface area contributed by atoms with E-state index in [-0.39, 0.29) is 11.9 Å². The maximum absolute atomic E-state index is 12.8. The number of nitrogens with one attached hydrogen (secondary N) is 1. The predicted molar refractivity (Wildman–Crippen MR) is 123 cm³/mol. The summed E-state index contributed by atoms with van der Waals surface area (Å²) in [4.78, 5) is 30.8. The molecule has 31 heavy (non-hydrogen) atoms. The second kappa shape index (κ2) is 11.0. The first-order valence-corrected chi connectivity index (χ1v) is 11.0. The quantitative estimate of drug-likeness (QED) is 0.696. The van der Waals surface area contributed by atoms with E-state index in [1.54, 1.807) is 29.2 Å². The van der Waals surface area contributed by atoms with Crippen LogP contribution in [0.1, 0.15) is 13.8 Å². The lowest BCUT2D eigenvalue weighted by atomic mass is 10.2. The van der Waals surface area contributed by atoms with E-state index in [9.17, 15) is 9.59 Å². The number of amides is 3. The molecule has 2 aromatic rings. The summed E-state index contributed by atoms with van der Waals surface area (Å²) in [7, 11) is 0. The number of para-hydroxylation sites is 3. The van der Waals surface area contributed by atoms with Gasteiger partial charge in [0.05, 0.1) is 17.3 Å². The molecule has 2 aromatic carbocycles. The minimum Gasteiger partial charge on any atom is -0.454 e. The number of benzene rings is 2. The van der Waals surface area contributed by atoms with Crippen LogP contribution in [0.15, 0.2) is 48.5 Å². The number of likely N-dealkylation sites (N-methyl/N-ethyl adjacent to an activating group) is 1. The predicted octanol–water partition coefficient (Wildman–Crippen LogP) is 4.15. The van der Waals surface area contributed by atoms with E-state index in [4.69, 9.17) is 16.3 Å². The molecule has 0 aromatic heterocycles. The second-order valence-electron chi connectivity index (χ2n) is 7.29. The number of hydrogen-bond donors (Lipinski definition) is 1. The molecule has 0 atom stereocenters. The Balaban J connectivity index is 1.56. The van der Waals surface area contributed by atoms with Gasteiger partial charge in [-0.3, -0.25) is 9.69 Å². The molecule has 1 fully saturated rings. The molecule has 0 spiro atoms. The van der Waals surface area contributed by atoms with Crippen LogP contribution in [0.25, 0.3) is 0 Å². The topological polar surface area (TPSA) is 65.1 Å². The van der Waals surface area contributed by atoms with Crippen LogP contribution in [0.2, 0.25) is 5.02 Å². The van der Waals surface area contributed by atoms with Gasteiger partial charge in [0.1, 0.15) is 5.75 Å². The number of anilines is 1. The molecule has 3 rings (SSSR count). The number of ether oxygens (including phenoxy) is 1. The third-order valence-corrected chi connectivity index (χ3v) is 5.63. The van der Waals surface area contributed by atoms with Crippen LogP contribution in [0.5, 0.6) is 11.5 Å². The van der Waals surface area contributed by atoms with Crippen LogP contribution in [-0.4, -0.2) is 72.5 Å². The fourth-order valence-corrected chi connectivity index (χ4v) is 3.65. The summed E-state index contributed by atoms with van der Waals surface area (Å²) >= 11 is 6.19. The lowest BCUT2D eigenvalue weighted by Crippen LogP contribution is -2.52. The Morgan fingerprint density at radius 3 is 2.23 bits per heavy atom. The third kappa shape index (κ3) is 6.12. The molecule has 7 nitrogen and oxygen atoms in total. The highest BCUT2D eigenvalue weighted by Crippen LogP contribution is 2.33. The normalized spacial score (nSPS) is 14.2. The molecule has 0 saturated carbocycles. The molecule has 0 aliphatic carbocycles. The number of carbonyl (C=O) groups excluding carboxylic acids is 2. The number of hydrogen-bond acceptors (Lipinski definition) is 4. The molecule has 1 heterocycles. The summed E-state index contributed by atoms with van der Waals surface area (Å²) in [6.45, 7) is 8.24. The van der Waals surface area contributed by atoms with Crippen molar-refractivity contribution >= 4 is 29.2 Å². The Kier molecular flexibility index (Phi) is 8.14. The first-order valence-electron chi connectivity index (χ1n) is 10.6. The zero-order chi connectivity index (χ0) is 22.2. The van der Waals surface area contributed by atoms with E-state index >= 15 is 0 Å². The van der Waals surface area contributed by atoms with E-state index in [0.717, 1.165) is 0 Å². The second-order valence-corrected chi connectivity index (χ2v) is 7.70. The summed E-state index contributed by atoms with van der Waals surface area (Å²) in [6, 6.07) is 14.3. The molecule has 1 aliphatic rings. The first kappa shape index (κ1) is 22.9. The molecule has 0 radical (unpaired) electrons. The van der Waals surface area contributed by atoms with E-state index in [1.807, 2.05) is 43.0 Å². The van der Waals surface area contributed by atoms with Crippen LogP contribution in [0.4, 0.5) is 10.5 Å². The first-order chi connectivity index (χ1) is 15.0. The number of nitrogens with zero attached hydrogens (tertiary/aromatic N) is 3. The zero-order valence-electron chi connectivity index (χ0n) is 18.0. The van der Waals surface area contributed by atoms with Crippen LogP contribution in [-0.2, 0) is 4.79 Å². The third-order valence-electron chi connectivity index (χ3n) is 5.32. The standard InChI is InChI=1S/C23H29ClN4O3/c1-3-27(4-2)22(29)17-26-13-15-28(16-14-26)23(30)25-19-10-6-8-12-21(19)31-20-11-7-5-9-18(20)24/h5-12H,3-4,13-17H2,1-2H3,(H,25,30). The van der Waals surface area contributed by atoms with E-state index in [0.29, 0.717) is 68.0 Å². The van der Waals surface area contributed by atoms with Gasteiger partial charge in [-0.1, -0.05) is 35.9 Å². The van der Waals surface area contributed by atoms with Crippen molar-refractivity contribution in [2.45, 2.75) is 13.8 Å². The average molecular weight is 445 g/mol. The SMILES string of the molecule is CCN(CC)C(=O)CN1CCN(C(=O)Nc2ccccc2Oc2ccccc2Cl)CC1. The molecular weight excluding hydrogens is 416 g/mol. The Hall–Kier alpha value is -2.77. The van der Waals surface area contributed by atoms with Crippen molar-refractivity contribution in [1.29, 1.82) is 0 Å². The molecule has 0 bridgehead atoms. The number of rotatable bonds is 7. The van der Waals surface area contributed by atoms with Crippen LogP contribution in [0.3, 0.4) is 0 Å². The average Bonchev–Trinajstić information content (AvgIpc) is 2.78. The van der Waals surface area contributed by atoms with Gasteiger partial charge in [-0.05, 0) is 38.1 Å². The molecule has 166 valence electrons. The fraction of sp³-hybridized carbons (Fsp3) is 0.391. The van der Waals surface area contributed by atoms with Crippen molar-refractivity contribution in [1.82, 2.24) is 14.7 Å². The van der Waals surface area contributed by atoms with Gasteiger partial charge in [0.2, 0.25) is 5.91 Å². The van der Waals surface area contributed by atoms with Crippen molar-refractivity contribution < 1.29 is 14.3 Å². The lowest BCUT2D eigenvalue weighted by Gasteiger charge is -2.35. The fourth-order valence-electron chi connectivity index (χ4n) is 3.48. The van der Waals surface area contributed by atoms with Crippen molar-refractivity contribution in [3.8, 4) is 11.5 Å². The van der Waals surface area contributed by atoms with E-state index < -0.39 is 0 Å². The van der Waals surface area contributed by atoms with Gasteiger partial charge in [-0.25, -0.2) is 4.79 Å². The van der Waals surface area contributed by atoms with Gasteiger partial charge in [0, 0.05) is 39.3 Å². The van der Waals surface area contributed by atoms with E-state index in [2.05, 4.69) is 10.2 Å². The summed E-state index contributed by atoms with van der Waals surface area (Å²) in [5.74, 6) is 1.18. The van der Waals surface area contributed by atoms with Crippen molar-refractivity contribution in [3.63, 3.8) is 0 Å². The highest BCUT2D eigenvalue weighted by Gasteiger charge is 2.24. The summed E-state index contributed by atoms with van der Waals surface area (Å²) < 4.78 is 5.92. The van der Waals surface area contributed by atoms with Crippen molar-refractivity contribution in [2.24, 2.45) is 0 Å². The highest BCUT2D eigenvalue weighted by molar-refractivity contribution is 6.32. The Bertz CT molecular complexity index is 896. The monoisotopic (exact) mass is 444 g/mol. The lowest BCUT2D eigenvalue weighted by molar-refractivity contribution is -0.132. The molecule has 8 heteroatoms. The summed E-state index contributed by atoms with van der Waals surface area (Å²) in [6.07, 6.45) is 0. The number of carbonyl (C=O) groups is 2. The number of halogens is 1. The van der Waals surface area contributed by atoms with Gasteiger partial charge in [-0.2, -0.15) is 0 Å². The van der Waals surface area contributed by atoms with Gasteiger partial charge in [-0.15, -0.1) is 0 Å².